The van der Waals surface area contributed by atoms with Gasteiger partial charge in [0.05, 0.1) is 19.6 Å². The van der Waals surface area contributed by atoms with E-state index >= 15 is 0 Å². The molecule has 0 radical (unpaired) electrons. The Hall–Kier alpha value is -1.26. The van der Waals surface area contributed by atoms with Gasteiger partial charge in [0.2, 0.25) is 0 Å². The maximum Gasteiger partial charge on any atom is 0.508 e. The second-order valence-corrected chi connectivity index (χ2v) is 9.47. The van der Waals surface area contributed by atoms with E-state index in [1.54, 1.807) is 0 Å². The molecule has 1 saturated carbocycles. The van der Waals surface area contributed by atoms with Gasteiger partial charge in [-0.15, -0.1) is 0 Å². The number of rotatable bonds is 19. The molecule has 5 nitrogen and oxygen atoms in total. The van der Waals surface area contributed by atoms with Crippen molar-refractivity contribution in [1.82, 2.24) is 0 Å². The Kier molecular flexibility index (Phi) is 18.3. The van der Waals surface area contributed by atoms with Gasteiger partial charge in [0.25, 0.3) is 0 Å². The van der Waals surface area contributed by atoms with Gasteiger partial charge in [0, 0.05) is 0 Å². The van der Waals surface area contributed by atoms with Crippen molar-refractivity contribution in [2.24, 2.45) is 5.92 Å². The van der Waals surface area contributed by atoms with Crippen LogP contribution in [0.4, 0.5) is 4.79 Å². The zero-order chi connectivity index (χ0) is 23.3. The quantitative estimate of drug-likeness (QED) is 0.146. The summed E-state index contributed by atoms with van der Waals surface area (Å²) in [6.45, 7) is 2.67. The lowest BCUT2D eigenvalue weighted by Gasteiger charge is -2.28. The highest BCUT2D eigenvalue weighted by molar-refractivity contribution is 5.73. The number of methoxy groups -OCH3 is 1. The molecule has 0 amide bonds. The molecule has 0 aromatic carbocycles. The number of carbonyl (C=O) groups is 2. The van der Waals surface area contributed by atoms with E-state index in [9.17, 15) is 9.59 Å². The van der Waals surface area contributed by atoms with E-state index in [1.807, 2.05) is 0 Å². The van der Waals surface area contributed by atoms with Crippen molar-refractivity contribution >= 4 is 12.1 Å². The van der Waals surface area contributed by atoms with Crippen LogP contribution in [-0.2, 0) is 19.0 Å². The Bertz CT molecular complexity index is 465. The monoisotopic (exact) mass is 454 g/mol. The molecule has 0 aromatic rings. The van der Waals surface area contributed by atoms with E-state index in [-0.39, 0.29) is 11.9 Å². The van der Waals surface area contributed by atoms with Gasteiger partial charge in [-0.1, -0.05) is 110 Å². The summed E-state index contributed by atoms with van der Waals surface area (Å²) in [6.07, 6.45) is 23.4. The molecule has 0 N–H and O–H groups in total. The van der Waals surface area contributed by atoms with Crippen LogP contribution in [0.15, 0.2) is 0 Å². The summed E-state index contributed by atoms with van der Waals surface area (Å²) >= 11 is 0. The minimum atomic E-state index is -0.647. The molecule has 1 aliphatic carbocycles. The maximum atomic E-state index is 11.9. The first-order valence-electron chi connectivity index (χ1n) is 13.6. The summed E-state index contributed by atoms with van der Waals surface area (Å²) in [5.41, 5.74) is 0. The molecule has 2 unspecified atom stereocenters. The number of carbonyl (C=O) groups excluding carboxylic acids is 2. The lowest BCUT2D eigenvalue weighted by atomic mass is 9.86. The molecule has 32 heavy (non-hydrogen) atoms. The van der Waals surface area contributed by atoms with Crippen LogP contribution in [0.25, 0.3) is 0 Å². The van der Waals surface area contributed by atoms with E-state index < -0.39 is 12.3 Å². The Labute approximate surface area is 197 Å². The summed E-state index contributed by atoms with van der Waals surface area (Å²) in [4.78, 5) is 23.8. The first-order chi connectivity index (χ1) is 15.7. The smallest absolute Gasteiger partial charge is 0.469 e. The van der Waals surface area contributed by atoms with Gasteiger partial charge in [0.15, 0.2) is 0 Å². The van der Waals surface area contributed by atoms with Crippen molar-refractivity contribution < 1.29 is 23.8 Å². The van der Waals surface area contributed by atoms with E-state index in [0.29, 0.717) is 19.4 Å². The zero-order valence-electron chi connectivity index (χ0n) is 21.0. The van der Waals surface area contributed by atoms with Crippen LogP contribution in [0, 0.1) is 5.92 Å². The fourth-order valence-electron chi connectivity index (χ4n) is 4.62. The lowest BCUT2D eigenvalue weighted by Crippen LogP contribution is -2.36. The molecule has 1 fully saturated rings. The summed E-state index contributed by atoms with van der Waals surface area (Å²) in [6, 6.07) is 0. The van der Waals surface area contributed by atoms with Crippen molar-refractivity contribution in [3.63, 3.8) is 0 Å². The Morgan fingerprint density at radius 3 is 1.66 bits per heavy atom. The Morgan fingerprint density at radius 1 is 0.688 bits per heavy atom. The van der Waals surface area contributed by atoms with Crippen molar-refractivity contribution in [2.75, 3.05) is 13.7 Å². The molecule has 2 atom stereocenters. The minimum Gasteiger partial charge on any atom is -0.469 e. The average Bonchev–Trinajstić information content (AvgIpc) is 2.81. The highest BCUT2D eigenvalue weighted by atomic mass is 16.7. The molecule has 0 spiro atoms. The second-order valence-electron chi connectivity index (χ2n) is 9.47. The van der Waals surface area contributed by atoms with Gasteiger partial charge in [-0.3, -0.25) is 4.79 Å². The first-order valence-corrected chi connectivity index (χ1v) is 13.6. The predicted octanol–water partition coefficient (Wildman–Crippen LogP) is 8.13. The highest BCUT2D eigenvalue weighted by Crippen LogP contribution is 2.28. The van der Waals surface area contributed by atoms with E-state index in [2.05, 4.69) is 6.92 Å². The van der Waals surface area contributed by atoms with Crippen molar-refractivity contribution in [3.8, 4) is 0 Å². The molecule has 0 bridgehead atoms. The SMILES string of the molecule is CCCCCCCCCCCCCCCCCCOC(=O)OC1CCCCC1C(=O)OC. The van der Waals surface area contributed by atoms with Crippen LogP contribution in [0.2, 0.25) is 0 Å². The largest absolute Gasteiger partial charge is 0.508 e. The van der Waals surface area contributed by atoms with Crippen molar-refractivity contribution in [1.29, 1.82) is 0 Å². The summed E-state index contributed by atoms with van der Waals surface area (Å²) in [7, 11) is 1.38. The number of unbranched alkanes of at least 4 members (excludes halogenated alkanes) is 15. The zero-order valence-corrected chi connectivity index (χ0v) is 21.0. The van der Waals surface area contributed by atoms with Crippen molar-refractivity contribution in [2.45, 2.75) is 141 Å². The fraction of sp³-hybridized carbons (Fsp3) is 0.926. The summed E-state index contributed by atoms with van der Waals surface area (Å²) < 4.78 is 15.4. The maximum absolute atomic E-state index is 11.9. The first kappa shape index (κ1) is 28.8. The second kappa shape index (κ2) is 20.4. The van der Waals surface area contributed by atoms with Crippen LogP contribution in [0.5, 0.6) is 0 Å². The van der Waals surface area contributed by atoms with Crippen LogP contribution < -0.4 is 0 Å². The fourth-order valence-corrected chi connectivity index (χ4v) is 4.62. The molecule has 1 aliphatic rings. The Morgan fingerprint density at radius 2 is 1.16 bits per heavy atom. The van der Waals surface area contributed by atoms with Gasteiger partial charge >= 0.3 is 12.1 Å². The van der Waals surface area contributed by atoms with Crippen LogP contribution >= 0.6 is 0 Å². The minimum absolute atomic E-state index is 0.291. The van der Waals surface area contributed by atoms with E-state index in [0.717, 1.165) is 25.7 Å². The molecule has 5 heteroatoms. The van der Waals surface area contributed by atoms with Crippen LogP contribution in [-0.4, -0.2) is 31.9 Å². The summed E-state index contributed by atoms with van der Waals surface area (Å²) in [5.74, 6) is -0.642. The summed E-state index contributed by atoms with van der Waals surface area (Å²) in [5, 5.41) is 0. The normalized spacial score (nSPS) is 18.3. The van der Waals surface area contributed by atoms with Gasteiger partial charge in [-0.2, -0.15) is 0 Å². The third kappa shape index (κ3) is 14.7. The van der Waals surface area contributed by atoms with Crippen LogP contribution in [0.1, 0.15) is 135 Å². The third-order valence-electron chi connectivity index (χ3n) is 6.67. The van der Waals surface area contributed by atoms with Crippen molar-refractivity contribution in [3.05, 3.63) is 0 Å². The van der Waals surface area contributed by atoms with Gasteiger partial charge in [-0.05, 0) is 25.7 Å². The van der Waals surface area contributed by atoms with Gasteiger partial charge < -0.3 is 14.2 Å². The van der Waals surface area contributed by atoms with E-state index in [1.165, 1.54) is 97.0 Å². The predicted molar refractivity (Wildman–Crippen MR) is 130 cm³/mol. The molecule has 0 saturated heterocycles. The third-order valence-corrected chi connectivity index (χ3v) is 6.67. The molecule has 1 rings (SSSR count). The Balaban J connectivity index is 1.86. The molecule has 188 valence electrons. The molecule has 0 heterocycles. The standard InChI is InChI=1S/C27H50O5/c1-3-4-5-6-7-8-9-10-11-12-13-14-15-16-17-20-23-31-27(29)32-25-22-19-18-21-24(25)26(28)30-2/h24-25H,3-23H2,1-2H3. The molecular weight excluding hydrogens is 404 g/mol. The van der Waals surface area contributed by atoms with E-state index in [4.69, 9.17) is 14.2 Å². The molecular formula is C27H50O5. The average molecular weight is 455 g/mol. The number of ether oxygens (including phenoxy) is 3. The molecule has 0 aromatic heterocycles. The molecule has 0 aliphatic heterocycles. The topological polar surface area (TPSA) is 61.8 Å². The number of hydrogen-bond donors (Lipinski definition) is 0. The van der Waals surface area contributed by atoms with Crippen LogP contribution in [0.3, 0.4) is 0 Å². The lowest BCUT2D eigenvalue weighted by molar-refractivity contribution is -0.151. The van der Waals surface area contributed by atoms with Gasteiger partial charge in [0.1, 0.15) is 6.10 Å². The highest BCUT2D eigenvalue weighted by Gasteiger charge is 2.34. The number of esters is 1. The number of hydrogen-bond acceptors (Lipinski definition) is 5. The van der Waals surface area contributed by atoms with Gasteiger partial charge in [-0.25, -0.2) is 4.79 Å².